The minimum Gasteiger partial charge on any atom is -0.496 e. The monoisotopic (exact) mass is 402 g/mol. The van der Waals surface area contributed by atoms with Crippen molar-refractivity contribution in [1.82, 2.24) is 4.31 Å². The summed E-state index contributed by atoms with van der Waals surface area (Å²) >= 11 is 0. The average Bonchev–Trinajstić information content (AvgIpc) is 2.69. The SMILES string of the molecule is C=CCc1cc(C(=O)Nc2ccc(S(=O)(=O)N(CC)CC)cc2)ccc1OC. The summed E-state index contributed by atoms with van der Waals surface area (Å²) in [7, 11) is -1.94. The summed E-state index contributed by atoms with van der Waals surface area (Å²) in [6.45, 7) is 8.12. The average molecular weight is 403 g/mol. The van der Waals surface area contributed by atoms with Gasteiger partial charge in [0.1, 0.15) is 5.75 Å². The maximum Gasteiger partial charge on any atom is 0.255 e. The number of rotatable bonds is 9. The first-order chi connectivity index (χ1) is 13.4. The number of benzene rings is 2. The first-order valence-corrected chi connectivity index (χ1v) is 10.5. The molecule has 28 heavy (non-hydrogen) atoms. The molecule has 0 aliphatic heterocycles. The molecular weight excluding hydrogens is 376 g/mol. The highest BCUT2D eigenvalue weighted by atomic mass is 32.2. The van der Waals surface area contributed by atoms with Crippen molar-refractivity contribution in [3.63, 3.8) is 0 Å². The fraction of sp³-hybridized carbons (Fsp3) is 0.286. The highest BCUT2D eigenvalue weighted by molar-refractivity contribution is 7.89. The van der Waals surface area contributed by atoms with Crippen molar-refractivity contribution in [1.29, 1.82) is 0 Å². The predicted octanol–water partition coefficient (Wildman–Crippen LogP) is 3.71. The van der Waals surface area contributed by atoms with Crippen LogP contribution in [0.2, 0.25) is 0 Å². The van der Waals surface area contributed by atoms with Crippen molar-refractivity contribution in [2.45, 2.75) is 25.2 Å². The van der Waals surface area contributed by atoms with Crippen LogP contribution in [0.5, 0.6) is 5.75 Å². The lowest BCUT2D eigenvalue weighted by Crippen LogP contribution is -2.30. The number of carbonyl (C=O) groups is 1. The lowest BCUT2D eigenvalue weighted by atomic mass is 10.1. The first kappa shape index (κ1) is 21.7. The number of allylic oxidation sites excluding steroid dienone is 1. The van der Waals surface area contributed by atoms with E-state index < -0.39 is 10.0 Å². The largest absolute Gasteiger partial charge is 0.496 e. The van der Waals surface area contributed by atoms with Crippen LogP contribution in [0.1, 0.15) is 29.8 Å². The fourth-order valence-electron chi connectivity index (χ4n) is 2.86. The third-order valence-corrected chi connectivity index (χ3v) is 6.43. The van der Waals surface area contributed by atoms with Gasteiger partial charge in [0.2, 0.25) is 10.0 Å². The first-order valence-electron chi connectivity index (χ1n) is 9.06. The topological polar surface area (TPSA) is 75.7 Å². The molecule has 0 saturated carbocycles. The Kier molecular flexibility index (Phi) is 7.37. The zero-order chi connectivity index (χ0) is 20.7. The van der Waals surface area contributed by atoms with E-state index in [9.17, 15) is 13.2 Å². The van der Waals surface area contributed by atoms with Gasteiger partial charge in [-0.3, -0.25) is 4.79 Å². The van der Waals surface area contributed by atoms with Gasteiger partial charge in [-0.1, -0.05) is 19.9 Å². The molecule has 0 fully saturated rings. The Morgan fingerprint density at radius 1 is 1.14 bits per heavy atom. The summed E-state index contributed by atoms with van der Waals surface area (Å²) in [5.74, 6) is 0.412. The maximum absolute atomic E-state index is 12.5. The van der Waals surface area contributed by atoms with Gasteiger partial charge < -0.3 is 10.1 Å². The minimum atomic E-state index is -3.52. The van der Waals surface area contributed by atoms with E-state index in [0.29, 0.717) is 36.5 Å². The zero-order valence-electron chi connectivity index (χ0n) is 16.4. The quantitative estimate of drug-likeness (QED) is 0.649. The second-order valence-corrected chi connectivity index (χ2v) is 8.03. The van der Waals surface area contributed by atoms with Gasteiger partial charge in [0.25, 0.3) is 5.91 Å². The van der Waals surface area contributed by atoms with Gasteiger partial charge in [0, 0.05) is 24.3 Å². The van der Waals surface area contributed by atoms with Gasteiger partial charge in [-0.2, -0.15) is 4.31 Å². The van der Waals surface area contributed by atoms with E-state index in [4.69, 9.17) is 4.74 Å². The Morgan fingerprint density at radius 3 is 2.32 bits per heavy atom. The number of ether oxygens (including phenoxy) is 1. The molecule has 0 unspecified atom stereocenters. The molecule has 0 aliphatic carbocycles. The van der Waals surface area contributed by atoms with Crippen molar-refractivity contribution < 1.29 is 17.9 Å². The van der Waals surface area contributed by atoms with Crippen LogP contribution in [0, 0.1) is 0 Å². The van der Waals surface area contributed by atoms with Crippen molar-refractivity contribution in [3.8, 4) is 5.75 Å². The van der Waals surface area contributed by atoms with Crippen LogP contribution in [0.25, 0.3) is 0 Å². The fourth-order valence-corrected chi connectivity index (χ4v) is 4.32. The summed E-state index contributed by atoms with van der Waals surface area (Å²) in [5.41, 5.74) is 1.87. The van der Waals surface area contributed by atoms with Gasteiger partial charge in [0.05, 0.1) is 12.0 Å². The number of anilines is 1. The highest BCUT2D eigenvalue weighted by Crippen LogP contribution is 2.22. The molecule has 2 aromatic carbocycles. The third kappa shape index (κ3) is 4.79. The van der Waals surface area contributed by atoms with Crippen LogP contribution in [0.4, 0.5) is 5.69 Å². The zero-order valence-corrected chi connectivity index (χ0v) is 17.3. The molecule has 0 aliphatic rings. The molecule has 0 spiro atoms. The van der Waals surface area contributed by atoms with Crippen LogP contribution < -0.4 is 10.1 Å². The number of hydrogen-bond acceptors (Lipinski definition) is 4. The second kappa shape index (κ2) is 9.52. The van der Waals surface area contributed by atoms with Gasteiger partial charge in [0.15, 0.2) is 0 Å². The smallest absolute Gasteiger partial charge is 0.255 e. The van der Waals surface area contributed by atoms with E-state index >= 15 is 0 Å². The highest BCUT2D eigenvalue weighted by Gasteiger charge is 2.21. The summed E-state index contributed by atoms with van der Waals surface area (Å²) < 4.78 is 31.7. The van der Waals surface area contributed by atoms with Gasteiger partial charge in [-0.05, 0) is 54.4 Å². The molecule has 0 atom stereocenters. The molecule has 2 aromatic rings. The molecule has 7 heteroatoms. The summed E-state index contributed by atoms with van der Waals surface area (Å²) in [6.07, 6.45) is 2.33. The van der Waals surface area contributed by atoms with Crippen LogP contribution in [0.3, 0.4) is 0 Å². The van der Waals surface area contributed by atoms with Crippen LogP contribution in [-0.4, -0.2) is 38.8 Å². The Bertz CT molecular complexity index is 933. The van der Waals surface area contributed by atoms with E-state index in [1.807, 2.05) is 0 Å². The Balaban J connectivity index is 2.19. The second-order valence-electron chi connectivity index (χ2n) is 6.09. The summed E-state index contributed by atoms with van der Waals surface area (Å²) in [6, 6.07) is 11.4. The van der Waals surface area contributed by atoms with Crippen molar-refractivity contribution in [3.05, 3.63) is 66.2 Å². The summed E-state index contributed by atoms with van der Waals surface area (Å²) in [5, 5.41) is 2.79. The molecule has 150 valence electrons. The number of hydrogen-bond donors (Lipinski definition) is 1. The minimum absolute atomic E-state index is 0.201. The summed E-state index contributed by atoms with van der Waals surface area (Å²) in [4.78, 5) is 12.7. The van der Waals surface area contributed by atoms with E-state index in [1.165, 1.54) is 16.4 Å². The molecule has 0 bridgehead atoms. The Hall–Kier alpha value is -2.64. The molecule has 6 nitrogen and oxygen atoms in total. The van der Waals surface area contributed by atoms with Crippen LogP contribution >= 0.6 is 0 Å². The van der Waals surface area contributed by atoms with Crippen LogP contribution in [-0.2, 0) is 16.4 Å². The predicted molar refractivity (Wildman–Crippen MR) is 111 cm³/mol. The normalized spacial score (nSPS) is 11.3. The van der Waals surface area contributed by atoms with Gasteiger partial charge in [-0.25, -0.2) is 8.42 Å². The molecule has 0 heterocycles. The third-order valence-electron chi connectivity index (χ3n) is 4.36. The van der Waals surface area contributed by atoms with E-state index in [1.54, 1.807) is 57.4 Å². The van der Waals surface area contributed by atoms with E-state index in [0.717, 1.165) is 5.56 Å². The number of carbonyl (C=O) groups excluding carboxylic acids is 1. The number of amides is 1. The van der Waals surface area contributed by atoms with Crippen molar-refractivity contribution >= 4 is 21.6 Å². The molecule has 1 amide bonds. The van der Waals surface area contributed by atoms with Gasteiger partial charge in [-0.15, -0.1) is 6.58 Å². The molecule has 0 radical (unpaired) electrons. The number of methoxy groups -OCH3 is 1. The van der Waals surface area contributed by atoms with E-state index in [2.05, 4.69) is 11.9 Å². The number of sulfonamides is 1. The molecule has 2 rings (SSSR count). The van der Waals surface area contributed by atoms with Gasteiger partial charge >= 0.3 is 0 Å². The number of nitrogens with one attached hydrogen (secondary N) is 1. The van der Waals surface area contributed by atoms with Crippen molar-refractivity contribution in [2.24, 2.45) is 0 Å². The van der Waals surface area contributed by atoms with Crippen LogP contribution in [0.15, 0.2) is 60.0 Å². The lowest BCUT2D eigenvalue weighted by molar-refractivity contribution is 0.102. The van der Waals surface area contributed by atoms with E-state index in [-0.39, 0.29) is 10.8 Å². The lowest BCUT2D eigenvalue weighted by Gasteiger charge is -2.18. The molecule has 0 aromatic heterocycles. The molecule has 1 N–H and O–H groups in total. The molecule has 0 saturated heterocycles. The maximum atomic E-state index is 12.5. The Labute approximate surface area is 166 Å². The van der Waals surface area contributed by atoms with Crippen molar-refractivity contribution in [2.75, 3.05) is 25.5 Å². The Morgan fingerprint density at radius 2 is 1.79 bits per heavy atom. The number of nitrogens with zero attached hydrogens (tertiary/aromatic N) is 1. The standard InChI is InChI=1S/C21H26N2O4S/c1-5-8-16-15-17(9-14-20(16)27-4)21(24)22-18-10-12-19(13-11-18)28(25,26)23(6-2)7-3/h5,9-15H,1,6-8H2,2-4H3,(H,22,24). The molecular formula is C21H26N2O4S.